The molecule has 6 nitrogen and oxygen atoms in total. The lowest BCUT2D eigenvalue weighted by molar-refractivity contribution is 0.310. The van der Waals surface area contributed by atoms with Crippen molar-refractivity contribution < 1.29 is 5.11 Å². The number of nitrogens with one attached hydrogen (secondary N) is 1. The molecule has 0 radical (unpaired) electrons. The molecule has 0 saturated heterocycles. The van der Waals surface area contributed by atoms with Gasteiger partial charge in [-0.05, 0) is 5.56 Å². The first-order chi connectivity index (χ1) is 13.8. The fourth-order valence-corrected chi connectivity index (χ4v) is 4.17. The standard InChI is InChI=1S/C21H17N5OS/c27-12-11-22-21-24-20-17(16(13-28-20)14-7-3-1-4-8-14)19-23-18(25-26(19)21)15-9-5-2-6-10-15/h1-10,13,27H,11-12H2,(H,22,24). The van der Waals surface area contributed by atoms with E-state index in [1.807, 2.05) is 48.5 Å². The maximum absolute atomic E-state index is 9.22. The number of aliphatic hydroxyl groups is 1. The summed E-state index contributed by atoms with van der Waals surface area (Å²) in [5.41, 5.74) is 3.92. The van der Waals surface area contributed by atoms with Gasteiger partial charge < -0.3 is 10.4 Å². The molecule has 138 valence electrons. The molecule has 0 aliphatic rings. The van der Waals surface area contributed by atoms with E-state index in [1.54, 1.807) is 15.9 Å². The van der Waals surface area contributed by atoms with Crippen LogP contribution in [0.15, 0.2) is 66.0 Å². The number of benzene rings is 2. The summed E-state index contributed by atoms with van der Waals surface area (Å²) in [6.07, 6.45) is 0. The average molecular weight is 387 g/mol. The lowest BCUT2D eigenvalue weighted by atomic mass is 10.1. The Hall–Kier alpha value is -3.29. The minimum Gasteiger partial charge on any atom is -0.395 e. The molecule has 0 saturated carbocycles. The summed E-state index contributed by atoms with van der Waals surface area (Å²) in [5, 5.41) is 20.2. The summed E-state index contributed by atoms with van der Waals surface area (Å²) in [7, 11) is 0. The Bertz CT molecular complexity index is 1250. The van der Waals surface area contributed by atoms with Crippen LogP contribution in [0.5, 0.6) is 0 Å². The Morgan fingerprint density at radius 2 is 1.64 bits per heavy atom. The van der Waals surface area contributed by atoms with Gasteiger partial charge in [-0.3, -0.25) is 0 Å². The van der Waals surface area contributed by atoms with Crippen LogP contribution < -0.4 is 5.32 Å². The van der Waals surface area contributed by atoms with Gasteiger partial charge in [0.2, 0.25) is 5.95 Å². The van der Waals surface area contributed by atoms with Crippen LogP contribution in [0, 0.1) is 0 Å². The second-order valence-electron chi connectivity index (χ2n) is 6.32. The van der Waals surface area contributed by atoms with Gasteiger partial charge in [-0.15, -0.1) is 16.4 Å². The minimum absolute atomic E-state index is 0.0150. The van der Waals surface area contributed by atoms with Crippen LogP contribution in [0.1, 0.15) is 0 Å². The zero-order chi connectivity index (χ0) is 18.9. The Morgan fingerprint density at radius 3 is 2.36 bits per heavy atom. The molecule has 0 bridgehead atoms. The quantitative estimate of drug-likeness (QED) is 0.475. The maximum atomic E-state index is 9.22. The van der Waals surface area contributed by atoms with Crippen molar-refractivity contribution in [3.05, 3.63) is 66.0 Å². The smallest absolute Gasteiger partial charge is 0.227 e. The van der Waals surface area contributed by atoms with E-state index in [9.17, 15) is 5.11 Å². The van der Waals surface area contributed by atoms with Gasteiger partial charge in [0.1, 0.15) is 4.83 Å². The molecule has 3 aromatic heterocycles. The summed E-state index contributed by atoms with van der Waals surface area (Å²) in [4.78, 5) is 10.5. The Kier molecular flexibility index (Phi) is 4.23. The van der Waals surface area contributed by atoms with E-state index in [-0.39, 0.29) is 6.61 Å². The highest BCUT2D eigenvalue weighted by molar-refractivity contribution is 7.17. The normalized spacial score (nSPS) is 11.3. The summed E-state index contributed by atoms with van der Waals surface area (Å²) in [5.74, 6) is 1.22. The minimum atomic E-state index is 0.0150. The summed E-state index contributed by atoms with van der Waals surface area (Å²) in [6, 6.07) is 20.1. The molecule has 5 aromatic rings. The fraction of sp³-hybridized carbons (Fsp3) is 0.0952. The average Bonchev–Trinajstić information content (AvgIpc) is 3.37. The number of aromatic nitrogens is 4. The zero-order valence-corrected chi connectivity index (χ0v) is 15.7. The van der Waals surface area contributed by atoms with E-state index in [4.69, 9.17) is 15.1 Å². The largest absolute Gasteiger partial charge is 0.395 e. The lowest BCUT2D eigenvalue weighted by Crippen LogP contribution is -2.11. The molecule has 0 spiro atoms. The third-order valence-corrected chi connectivity index (χ3v) is 5.39. The predicted octanol–water partition coefficient (Wildman–Crippen LogP) is 4.08. The number of hydrogen-bond donors (Lipinski definition) is 2. The van der Waals surface area contributed by atoms with Gasteiger partial charge in [0.05, 0.1) is 12.0 Å². The summed E-state index contributed by atoms with van der Waals surface area (Å²) >= 11 is 1.58. The van der Waals surface area contributed by atoms with E-state index >= 15 is 0 Å². The third-order valence-electron chi connectivity index (χ3n) is 4.52. The number of nitrogens with zero attached hydrogens (tertiary/aromatic N) is 4. The van der Waals surface area contributed by atoms with Crippen molar-refractivity contribution in [2.24, 2.45) is 0 Å². The maximum Gasteiger partial charge on any atom is 0.227 e. The van der Waals surface area contributed by atoms with Crippen LogP contribution >= 0.6 is 11.3 Å². The Morgan fingerprint density at radius 1 is 0.929 bits per heavy atom. The van der Waals surface area contributed by atoms with E-state index in [2.05, 4.69) is 22.8 Å². The number of anilines is 1. The van der Waals surface area contributed by atoms with Gasteiger partial charge in [-0.1, -0.05) is 60.7 Å². The first kappa shape index (κ1) is 16.9. The van der Waals surface area contributed by atoms with Gasteiger partial charge in [0.25, 0.3) is 0 Å². The highest BCUT2D eigenvalue weighted by atomic mass is 32.1. The topological polar surface area (TPSA) is 75.3 Å². The van der Waals surface area contributed by atoms with Crippen molar-refractivity contribution in [1.29, 1.82) is 0 Å². The van der Waals surface area contributed by atoms with Gasteiger partial charge in [0.15, 0.2) is 11.5 Å². The Labute approximate surface area is 165 Å². The molecule has 0 aliphatic heterocycles. The molecule has 2 N–H and O–H groups in total. The highest BCUT2D eigenvalue weighted by Crippen LogP contribution is 2.36. The van der Waals surface area contributed by atoms with Crippen molar-refractivity contribution in [2.45, 2.75) is 0 Å². The monoisotopic (exact) mass is 387 g/mol. The molecule has 3 heterocycles. The second-order valence-corrected chi connectivity index (χ2v) is 7.18. The highest BCUT2D eigenvalue weighted by Gasteiger charge is 2.19. The van der Waals surface area contributed by atoms with Crippen molar-refractivity contribution >= 4 is 33.1 Å². The molecular weight excluding hydrogens is 370 g/mol. The number of thiophene rings is 1. The number of fused-ring (bicyclic) bond motifs is 3. The van der Waals surface area contributed by atoms with Crippen molar-refractivity contribution in [1.82, 2.24) is 19.6 Å². The molecule has 7 heteroatoms. The second kappa shape index (κ2) is 7.03. The van der Waals surface area contributed by atoms with Crippen LogP contribution in [0.25, 0.3) is 38.4 Å². The molecule has 0 aliphatic carbocycles. The van der Waals surface area contributed by atoms with Crippen LogP contribution in [0.4, 0.5) is 5.95 Å². The summed E-state index contributed by atoms with van der Waals surface area (Å²) in [6.45, 7) is 0.409. The van der Waals surface area contributed by atoms with Gasteiger partial charge >= 0.3 is 0 Å². The fourth-order valence-electron chi connectivity index (χ4n) is 3.23. The van der Waals surface area contributed by atoms with Crippen LogP contribution in [0.2, 0.25) is 0 Å². The van der Waals surface area contributed by atoms with Crippen LogP contribution in [0.3, 0.4) is 0 Å². The van der Waals surface area contributed by atoms with Crippen LogP contribution in [-0.4, -0.2) is 37.8 Å². The number of rotatable bonds is 5. The van der Waals surface area contributed by atoms with Crippen molar-refractivity contribution in [3.8, 4) is 22.5 Å². The molecule has 28 heavy (non-hydrogen) atoms. The van der Waals surface area contributed by atoms with E-state index in [0.29, 0.717) is 18.3 Å². The Balaban J connectivity index is 1.80. The van der Waals surface area contributed by atoms with Gasteiger partial charge in [-0.25, -0.2) is 9.97 Å². The first-order valence-electron chi connectivity index (χ1n) is 8.98. The zero-order valence-electron chi connectivity index (χ0n) is 14.9. The first-order valence-corrected chi connectivity index (χ1v) is 9.86. The molecule has 0 unspecified atom stereocenters. The van der Waals surface area contributed by atoms with Crippen molar-refractivity contribution in [3.63, 3.8) is 0 Å². The molecule has 0 amide bonds. The van der Waals surface area contributed by atoms with E-state index < -0.39 is 0 Å². The molecule has 0 fully saturated rings. The lowest BCUT2D eigenvalue weighted by Gasteiger charge is -2.07. The van der Waals surface area contributed by atoms with Gasteiger partial charge in [-0.2, -0.15) is 4.52 Å². The molecule has 0 atom stereocenters. The molecular formula is C21H17N5OS. The SMILES string of the molecule is OCCNc1nc2scc(-c3ccccc3)c2c2nc(-c3ccccc3)nn12. The third kappa shape index (κ3) is 2.81. The molecule has 2 aromatic carbocycles. The summed E-state index contributed by atoms with van der Waals surface area (Å²) < 4.78 is 1.74. The number of aliphatic hydroxyl groups excluding tert-OH is 1. The van der Waals surface area contributed by atoms with Crippen molar-refractivity contribution in [2.75, 3.05) is 18.5 Å². The number of hydrogen-bond acceptors (Lipinski definition) is 6. The van der Waals surface area contributed by atoms with E-state index in [0.717, 1.165) is 32.6 Å². The van der Waals surface area contributed by atoms with Gasteiger partial charge in [0, 0.05) is 23.1 Å². The van der Waals surface area contributed by atoms with E-state index in [1.165, 1.54) is 0 Å². The predicted molar refractivity (Wildman–Crippen MR) is 113 cm³/mol. The van der Waals surface area contributed by atoms with Crippen LogP contribution in [-0.2, 0) is 0 Å². The molecule has 5 rings (SSSR count).